The van der Waals surface area contributed by atoms with Crippen LogP contribution >= 0.6 is 0 Å². The molecule has 0 fully saturated rings. The van der Waals surface area contributed by atoms with Crippen molar-refractivity contribution in [2.45, 2.75) is 6.61 Å². The summed E-state index contributed by atoms with van der Waals surface area (Å²) in [7, 11) is 0. The van der Waals surface area contributed by atoms with Gasteiger partial charge in [0, 0.05) is 17.3 Å². The summed E-state index contributed by atoms with van der Waals surface area (Å²) in [6.45, 7) is -0.290. The van der Waals surface area contributed by atoms with Gasteiger partial charge in [0.1, 0.15) is 5.82 Å². The first-order valence-corrected chi connectivity index (χ1v) is 5.43. The zero-order chi connectivity index (χ0) is 13.8. The summed E-state index contributed by atoms with van der Waals surface area (Å²) in [5.74, 6) is -2.58. The van der Waals surface area contributed by atoms with Gasteiger partial charge in [-0.05, 0) is 24.3 Å². The lowest BCUT2D eigenvalue weighted by Crippen LogP contribution is -2.15. The largest absolute Gasteiger partial charge is 0.392 e. The summed E-state index contributed by atoms with van der Waals surface area (Å²) >= 11 is 0. The van der Waals surface area contributed by atoms with E-state index in [0.29, 0.717) is 5.56 Å². The van der Waals surface area contributed by atoms with Gasteiger partial charge >= 0.3 is 0 Å². The Balaban J connectivity index is 2.23. The molecule has 0 saturated carbocycles. The number of aromatic nitrogens is 1. The van der Waals surface area contributed by atoms with Gasteiger partial charge in [0.05, 0.1) is 6.61 Å². The van der Waals surface area contributed by atoms with E-state index in [1.54, 1.807) is 12.1 Å². The van der Waals surface area contributed by atoms with Gasteiger partial charge in [0.25, 0.3) is 5.91 Å². The van der Waals surface area contributed by atoms with Crippen LogP contribution in [0.4, 0.5) is 14.6 Å². The van der Waals surface area contributed by atoms with Gasteiger partial charge < -0.3 is 10.4 Å². The number of nitrogens with one attached hydrogen (secondary N) is 1. The average Bonchev–Trinajstić information content (AvgIpc) is 2.42. The van der Waals surface area contributed by atoms with Crippen molar-refractivity contribution in [3.63, 3.8) is 0 Å². The minimum absolute atomic E-state index is 0.0338. The van der Waals surface area contributed by atoms with E-state index in [1.165, 1.54) is 6.20 Å². The number of carbonyl (C=O) groups excluding carboxylic acids is 1. The van der Waals surface area contributed by atoms with Crippen molar-refractivity contribution in [2.75, 3.05) is 5.32 Å². The highest BCUT2D eigenvalue weighted by molar-refractivity contribution is 6.04. The summed E-state index contributed by atoms with van der Waals surface area (Å²) in [5, 5.41) is 11.5. The molecule has 1 aromatic carbocycles. The van der Waals surface area contributed by atoms with Gasteiger partial charge in [0.15, 0.2) is 11.6 Å². The summed E-state index contributed by atoms with van der Waals surface area (Å²) in [6.07, 6.45) is 1.44. The Bertz CT molecular complexity index is 617. The van der Waals surface area contributed by atoms with Crippen LogP contribution in [0.1, 0.15) is 15.9 Å². The molecule has 98 valence electrons. The fourth-order valence-electron chi connectivity index (χ4n) is 1.50. The SMILES string of the molecule is O=C(Nc1ncccc1CO)c1ccc(F)c(F)c1. The van der Waals surface area contributed by atoms with Crippen LogP contribution in [0, 0.1) is 11.6 Å². The second-order valence-electron chi connectivity index (χ2n) is 3.75. The standard InChI is InChI=1S/C13H10F2N2O2/c14-10-4-3-8(6-11(10)15)13(19)17-12-9(7-18)2-1-5-16-12/h1-6,18H,7H2,(H,16,17,19). The third kappa shape index (κ3) is 2.92. The molecule has 1 aromatic heterocycles. The molecule has 0 aliphatic rings. The number of halogens is 2. The van der Waals surface area contributed by atoms with Gasteiger partial charge in [0.2, 0.25) is 0 Å². The molecule has 1 amide bonds. The van der Waals surface area contributed by atoms with Crippen LogP contribution in [0.15, 0.2) is 36.5 Å². The second-order valence-corrected chi connectivity index (χ2v) is 3.75. The maximum absolute atomic E-state index is 13.0. The number of hydrogen-bond donors (Lipinski definition) is 2. The molecule has 2 rings (SSSR count). The lowest BCUT2D eigenvalue weighted by Gasteiger charge is -2.08. The first-order chi connectivity index (χ1) is 9.11. The van der Waals surface area contributed by atoms with Gasteiger partial charge in [-0.1, -0.05) is 6.07 Å². The van der Waals surface area contributed by atoms with E-state index >= 15 is 0 Å². The number of rotatable bonds is 3. The average molecular weight is 264 g/mol. The third-order valence-electron chi connectivity index (χ3n) is 2.48. The number of hydrogen-bond acceptors (Lipinski definition) is 3. The predicted octanol–water partition coefficient (Wildman–Crippen LogP) is 2.10. The molecule has 19 heavy (non-hydrogen) atoms. The Hall–Kier alpha value is -2.34. The lowest BCUT2D eigenvalue weighted by molar-refractivity contribution is 0.102. The summed E-state index contributed by atoms with van der Waals surface area (Å²) in [4.78, 5) is 15.7. The second kappa shape index (κ2) is 5.53. The molecule has 0 unspecified atom stereocenters. The minimum Gasteiger partial charge on any atom is -0.392 e. The normalized spacial score (nSPS) is 10.3. The van der Waals surface area contributed by atoms with Crippen molar-refractivity contribution in [2.24, 2.45) is 0 Å². The Morgan fingerprint density at radius 1 is 1.26 bits per heavy atom. The molecule has 0 saturated heterocycles. The third-order valence-corrected chi connectivity index (χ3v) is 2.48. The Kier molecular flexibility index (Phi) is 3.82. The van der Waals surface area contributed by atoms with E-state index in [-0.39, 0.29) is 18.0 Å². The van der Waals surface area contributed by atoms with Gasteiger partial charge in [-0.25, -0.2) is 13.8 Å². The molecule has 0 bridgehead atoms. The number of amides is 1. The molecule has 4 nitrogen and oxygen atoms in total. The number of pyridine rings is 1. The fourth-order valence-corrected chi connectivity index (χ4v) is 1.50. The van der Waals surface area contributed by atoms with Crippen molar-refractivity contribution >= 4 is 11.7 Å². The van der Waals surface area contributed by atoms with Crippen molar-refractivity contribution < 1.29 is 18.7 Å². The van der Waals surface area contributed by atoms with Crippen LogP contribution in [-0.4, -0.2) is 16.0 Å². The highest BCUT2D eigenvalue weighted by atomic mass is 19.2. The maximum Gasteiger partial charge on any atom is 0.256 e. The molecule has 1 heterocycles. The minimum atomic E-state index is -1.10. The van der Waals surface area contributed by atoms with Crippen LogP contribution < -0.4 is 5.32 Å². The molecule has 2 aromatic rings. The number of carbonyl (C=O) groups is 1. The van der Waals surface area contributed by atoms with Crippen LogP contribution in [0.25, 0.3) is 0 Å². The van der Waals surface area contributed by atoms with E-state index in [1.807, 2.05) is 0 Å². The molecular formula is C13H10F2N2O2. The molecule has 0 aliphatic carbocycles. The van der Waals surface area contributed by atoms with E-state index in [0.717, 1.165) is 18.2 Å². The molecule has 0 atom stereocenters. The van der Waals surface area contributed by atoms with Gasteiger partial charge in [-0.2, -0.15) is 0 Å². The van der Waals surface area contributed by atoms with Crippen LogP contribution in [0.3, 0.4) is 0 Å². The molecule has 0 radical (unpaired) electrons. The smallest absolute Gasteiger partial charge is 0.256 e. The summed E-state index contributed by atoms with van der Waals surface area (Å²) < 4.78 is 25.8. The quantitative estimate of drug-likeness (QED) is 0.892. The number of aliphatic hydroxyl groups excluding tert-OH is 1. The van der Waals surface area contributed by atoms with Crippen molar-refractivity contribution in [1.82, 2.24) is 4.98 Å². The highest BCUT2D eigenvalue weighted by Gasteiger charge is 2.12. The maximum atomic E-state index is 13.0. The topological polar surface area (TPSA) is 62.2 Å². The zero-order valence-electron chi connectivity index (χ0n) is 9.73. The zero-order valence-corrected chi connectivity index (χ0v) is 9.73. The monoisotopic (exact) mass is 264 g/mol. The molecule has 6 heteroatoms. The van der Waals surface area contributed by atoms with Crippen LogP contribution in [0.2, 0.25) is 0 Å². The molecule has 0 aliphatic heterocycles. The van der Waals surface area contributed by atoms with Crippen molar-refractivity contribution in [3.8, 4) is 0 Å². The number of nitrogens with zero attached hydrogens (tertiary/aromatic N) is 1. The number of benzene rings is 1. The number of anilines is 1. The van der Waals surface area contributed by atoms with Crippen molar-refractivity contribution in [1.29, 1.82) is 0 Å². The molecular weight excluding hydrogens is 254 g/mol. The predicted molar refractivity (Wildman–Crippen MR) is 64.5 cm³/mol. The van der Waals surface area contributed by atoms with E-state index < -0.39 is 17.5 Å². The van der Waals surface area contributed by atoms with Gasteiger partial charge in [-0.3, -0.25) is 4.79 Å². The highest BCUT2D eigenvalue weighted by Crippen LogP contribution is 2.14. The van der Waals surface area contributed by atoms with E-state index in [2.05, 4.69) is 10.3 Å². The van der Waals surface area contributed by atoms with Crippen molar-refractivity contribution in [3.05, 3.63) is 59.3 Å². The number of aliphatic hydroxyl groups is 1. The summed E-state index contributed by atoms with van der Waals surface area (Å²) in [5.41, 5.74) is 0.395. The van der Waals surface area contributed by atoms with E-state index in [4.69, 9.17) is 5.11 Å². The molecule has 2 N–H and O–H groups in total. The first kappa shape index (κ1) is 13.1. The van der Waals surface area contributed by atoms with Gasteiger partial charge in [-0.15, -0.1) is 0 Å². The Labute approximate surface area is 107 Å². The Morgan fingerprint density at radius 3 is 2.74 bits per heavy atom. The molecule has 0 spiro atoms. The van der Waals surface area contributed by atoms with Crippen LogP contribution in [-0.2, 0) is 6.61 Å². The first-order valence-electron chi connectivity index (χ1n) is 5.43. The fraction of sp³-hybridized carbons (Fsp3) is 0.0769. The Morgan fingerprint density at radius 2 is 2.05 bits per heavy atom. The van der Waals surface area contributed by atoms with E-state index in [9.17, 15) is 13.6 Å². The van der Waals surface area contributed by atoms with Crippen LogP contribution in [0.5, 0.6) is 0 Å². The lowest BCUT2D eigenvalue weighted by atomic mass is 10.2. The summed E-state index contributed by atoms with van der Waals surface area (Å²) in [6, 6.07) is 6.03.